The molecule has 0 radical (unpaired) electrons. The number of aliphatic hydroxyl groups is 1. The van der Waals surface area contributed by atoms with Gasteiger partial charge < -0.3 is 10.8 Å². The molecule has 1 aliphatic rings. The summed E-state index contributed by atoms with van der Waals surface area (Å²) in [6.07, 6.45) is 3.70. The van der Waals surface area contributed by atoms with Crippen LogP contribution in [0.4, 0.5) is 0 Å². The Balaban J connectivity index is 1.99. The van der Waals surface area contributed by atoms with Crippen LogP contribution in [0.15, 0.2) is 30.3 Å². The molecule has 1 aliphatic carbocycles. The lowest BCUT2D eigenvalue weighted by atomic mass is 9.68. The first kappa shape index (κ1) is 16.5. The van der Waals surface area contributed by atoms with Crippen molar-refractivity contribution in [3.63, 3.8) is 0 Å². The molecule has 118 valence electrons. The highest BCUT2D eigenvalue weighted by Gasteiger charge is 2.36. The third-order valence-electron chi connectivity index (χ3n) is 4.96. The monoisotopic (exact) mass is 290 g/mol. The Morgan fingerprint density at radius 3 is 2.67 bits per heavy atom. The highest BCUT2D eigenvalue weighted by atomic mass is 16.3. The van der Waals surface area contributed by atoms with Crippen LogP contribution in [0.1, 0.15) is 38.7 Å². The first-order chi connectivity index (χ1) is 10.0. The molecule has 0 saturated heterocycles. The van der Waals surface area contributed by atoms with Crippen LogP contribution in [-0.2, 0) is 6.54 Å². The molecule has 0 amide bonds. The molecule has 2 atom stereocenters. The van der Waals surface area contributed by atoms with Crippen molar-refractivity contribution < 1.29 is 5.11 Å². The summed E-state index contributed by atoms with van der Waals surface area (Å²) in [6, 6.07) is 10.7. The summed E-state index contributed by atoms with van der Waals surface area (Å²) in [7, 11) is 0. The maximum Gasteiger partial charge on any atom is 0.0558 e. The van der Waals surface area contributed by atoms with Gasteiger partial charge in [0.2, 0.25) is 0 Å². The number of hydrogen-bond donors (Lipinski definition) is 2. The summed E-state index contributed by atoms with van der Waals surface area (Å²) in [5, 5.41) is 9.34. The fourth-order valence-electron chi connectivity index (χ4n) is 3.56. The summed E-state index contributed by atoms with van der Waals surface area (Å²) < 4.78 is 0. The van der Waals surface area contributed by atoms with Gasteiger partial charge in [-0.1, -0.05) is 50.6 Å². The molecule has 3 N–H and O–H groups in total. The van der Waals surface area contributed by atoms with Gasteiger partial charge in [-0.3, -0.25) is 4.90 Å². The van der Waals surface area contributed by atoms with Crippen LogP contribution in [0.5, 0.6) is 0 Å². The number of nitrogens with zero attached hydrogens (tertiary/aromatic N) is 1. The van der Waals surface area contributed by atoms with Crippen molar-refractivity contribution in [3.8, 4) is 0 Å². The average Bonchev–Trinajstić information content (AvgIpc) is 2.45. The van der Waals surface area contributed by atoms with Crippen molar-refractivity contribution in [2.24, 2.45) is 17.1 Å². The van der Waals surface area contributed by atoms with Gasteiger partial charge in [0.1, 0.15) is 0 Å². The molecule has 1 aromatic rings. The Morgan fingerprint density at radius 1 is 1.29 bits per heavy atom. The Bertz CT molecular complexity index is 418. The van der Waals surface area contributed by atoms with E-state index in [9.17, 15) is 5.11 Å². The molecule has 2 unspecified atom stereocenters. The molecule has 21 heavy (non-hydrogen) atoms. The molecular formula is C18H30N2O. The van der Waals surface area contributed by atoms with Gasteiger partial charge in [-0.25, -0.2) is 0 Å². The molecule has 1 aromatic carbocycles. The third-order valence-corrected chi connectivity index (χ3v) is 4.96. The zero-order valence-corrected chi connectivity index (χ0v) is 13.5. The first-order valence-electron chi connectivity index (χ1n) is 8.15. The SMILES string of the molecule is CC1(C)CCCC(CN(CCO)Cc2ccccc2)C1N. The van der Waals surface area contributed by atoms with Crippen LogP contribution in [0, 0.1) is 11.3 Å². The van der Waals surface area contributed by atoms with Crippen molar-refractivity contribution in [3.05, 3.63) is 35.9 Å². The van der Waals surface area contributed by atoms with Gasteiger partial charge in [0.05, 0.1) is 6.61 Å². The van der Waals surface area contributed by atoms with E-state index in [0.717, 1.165) is 19.6 Å². The number of nitrogens with two attached hydrogens (primary N) is 1. The standard InChI is InChI=1S/C18H30N2O/c1-18(2)10-6-9-16(17(18)19)14-20(11-12-21)13-15-7-4-3-5-8-15/h3-5,7-8,16-17,21H,6,9-14,19H2,1-2H3. The van der Waals surface area contributed by atoms with Crippen molar-refractivity contribution in [1.82, 2.24) is 4.90 Å². The van der Waals surface area contributed by atoms with Crippen LogP contribution in [0.25, 0.3) is 0 Å². The molecule has 2 rings (SSSR count). The van der Waals surface area contributed by atoms with E-state index in [2.05, 4.69) is 43.0 Å². The number of benzene rings is 1. The molecule has 0 bridgehead atoms. The third kappa shape index (κ3) is 4.53. The minimum absolute atomic E-state index is 0.207. The van der Waals surface area contributed by atoms with E-state index in [1.54, 1.807) is 0 Å². The van der Waals surface area contributed by atoms with Crippen molar-refractivity contribution in [2.45, 2.75) is 45.7 Å². The smallest absolute Gasteiger partial charge is 0.0558 e. The van der Waals surface area contributed by atoms with E-state index in [4.69, 9.17) is 5.73 Å². The van der Waals surface area contributed by atoms with E-state index >= 15 is 0 Å². The lowest BCUT2D eigenvalue weighted by Crippen LogP contribution is -2.50. The summed E-state index contributed by atoms with van der Waals surface area (Å²) in [6.45, 7) is 7.39. The highest BCUT2D eigenvalue weighted by molar-refractivity contribution is 5.14. The van der Waals surface area contributed by atoms with E-state index in [0.29, 0.717) is 5.92 Å². The van der Waals surface area contributed by atoms with E-state index < -0.39 is 0 Å². The average molecular weight is 290 g/mol. The molecular weight excluding hydrogens is 260 g/mol. The van der Waals surface area contributed by atoms with Gasteiger partial charge in [0.25, 0.3) is 0 Å². The van der Waals surface area contributed by atoms with Crippen LogP contribution >= 0.6 is 0 Å². The summed E-state index contributed by atoms with van der Waals surface area (Å²) in [5.41, 5.74) is 8.04. The van der Waals surface area contributed by atoms with Gasteiger partial charge in [-0.2, -0.15) is 0 Å². The maximum absolute atomic E-state index is 9.34. The number of rotatable bonds is 6. The Kier molecular flexibility index (Phi) is 5.80. The van der Waals surface area contributed by atoms with Crippen molar-refractivity contribution in [2.75, 3.05) is 19.7 Å². The van der Waals surface area contributed by atoms with Crippen LogP contribution in [0.2, 0.25) is 0 Å². The van der Waals surface area contributed by atoms with Crippen LogP contribution < -0.4 is 5.73 Å². The van der Waals surface area contributed by atoms with E-state index in [1.165, 1.54) is 24.8 Å². The molecule has 0 spiro atoms. The van der Waals surface area contributed by atoms with Crippen molar-refractivity contribution in [1.29, 1.82) is 0 Å². The van der Waals surface area contributed by atoms with Gasteiger partial charge >= 0.3 is 0 Å². The zero-order valence-electron chi connectivity index (χ0n) is 13.5. The fraction of sp³-hybridized carbons (Fsp3) is 0.667. The molecule has 3 heteroatoms. The quantitative estimate of drug-likeness (QED) is 0.847. The normalized spacial score (nSPS) is 25.2. The largest absolute Gasteiger partial charge is 0.395 e. The predicted molar refractivity (Wildman–Crippen MR) is 87.9 cm³/mol. The second-order valence-corrected chi connectivity index (χ2v) is 7.11. The van der Waals surface area contributed by atoms with Gasteiger partial charge in [-0.05, 0) is 29.7 Å². The second kappa shape index (κ2) is 7.39. The lowest BCUT2D eigenvalue weighted by Gasteiger charge is -2.43. The molecule has 1 fully saturated rings. The van der Waals surface area contributed by atoms with Gasteiger partial charge in [0, 0.05) is 25.7 Å². The number of aliphatic hydroxyl groups excluding tert-OH is 1. The Labute approximate surface area is 129 Å². The molecule has 3 nitrogen and oxygen atoms in total. The van der Waals surface area contributed by atoms with E-state index in [-0.39, 0.29) is 18.1 Å². The lowest BCUT2D eigenvalue weighted by molar-refractivity contribution is 0.0903. The topological polar surface area (TPSA) is 49.5 Å². The predicted octanol–water partition coefficient (Wildman–Crippen LogP) is 2.63. The van der Waals surface area contributed by atoms with Crippen LogP contribution in [0.3, 0.4) is 0 Å². The van der Waals surface area contributed by atoms with Crippen molar-refractivity contribution >= 4 is 0 Å². The summed E-state index contributed by atoms with van der Waals surface area (Å²) in [4.78, 5) is 2.35. The minimum Gasteiger partial charge on any atom is -0.395 e. The minimum atomic E-state index is 0.207. The van der Waals surface area contributed by atoms with Gasteiger partial charge in [-0.15, -0.1) is 0 Å². The second-order valence-electron chi connectivity index (χ2n) is 7.11. The summed E-state index contributed by atoms with van der Waals surface area (Å²) in [5.74, 6) is 0.531. The molecule has 0 heterocycles. The highest BCUT2D eigenvalue weighted by Crippen LogP contribution is 2.38. The maximum atomic E-state index is 9.34. The Morgan fingerprint density at radius 2 is 2.00 bits per heavy atom. The zero-order chi connectivity index (χ0) is 15.3. The van der Waals surface area contributed by atoms with E-state index in [1.807, 2.05) is 6.07 Å². The first-order valence-corrected chi connectivity index (χ1v) is 8.15. The Hall–Kier alpha value is -0.900. The fourth-order valence-corrected chi connectivity index (χ4v) is 3.56. The van der Waals surface area contributed by atoms with Crippen LogP contribution in [-0.4, -0.2) is 35.7 Å². The molecule has 0 aromatic heterocycles. The molecule has 1 saturated carbocycles. The number of hydrogen-bond acceptors (Lipinski definition) is 3. The summed E-state index contributed by atoms with van der Waals surface area (Å²) >= 11 is 0. The molecule has 0 aliphatic heterocycles. The van der Waals surface area contributed by atoms with Gasteiger partial charge in [0.15, 0.2) is 0 Å².